The second-order valence-electron chi connectivity index (χ2n) is 28.7. The number of benzene rings is 11. The van der Waals surface area contributed by atoms with Crippen LogP contribution in [0.5, 0.6) is 0 Å². The van der Waals surface area contributed by atoms with Gasteiger partial charge in [-0.25, -0.2) is 0 Å². The van der Waals surface area contributed by atoms with Crippen LogP contribution in [0, 0.1) is 0 Å². The highest BCUT2D eigenvalue weighted by Crippen LogP contribution is 2.65. The summed E-state index contributed by atoms with van der Waals surface area (Å²) in [5.41, 5.74) is 28.7. The number of anilines is 8. The van der Waals surface area contributed by atoms with Crippen LogP contribution in [0.3, 0.4) is 0 Å². The Morgan fingerprint density at radius 3 is 1.67 bits per heavy atom. The van der Waals surface area contributed by atoms with E-state index in [2.05, 4.69) is 302 Å². The monoisotopic (exact) mass is 1110 g/mol. The van der Waals surface area contributed by atoms with Crippen LogP contribution in [0.1, 0.15) is 127 Å². The van der Waals surface area contributed by atoms with E-state index < -0.39 is 5.41 Å². The summed E-state index contributed by atoms with van der Waals surface area (Å²) < 4.78 is 7.50. The first-order chi connectivity index (χ1) is 41.4. The molecule has 17 rings (SSSR count). The number of nitrogens with zero attached hydrogens (tertiary/aromatic N) is 3. The van der Waals surface area contributed by atoms with Crippen molar-refractivity contribution in [2.45, 2.75) is 109 Å². The smallest absolute Gasteiger partial charge is 0.333 e. The van der Waals surface area contributed by atoms with Gasteiger partial charge in [0.2, 0.25) is 0 Å². The summed E-state index contributed by atoms with van der Waals surface area (Å²) in [5.74, 6) is 0. The van der Waals surface area contributed by atoms with Crippen LogP contribution in [-0.2, 0) is 27.1 Å². The quantitative estimate of drug-likeness (QED) is 0.164. The third-order valence-corrected chi connectivity index (χ3v) is 20.8. The van der Waals surface area contributed by atoms with E-state index in [1.165, 1.54) is 111 Å². The standard InChI is InChI=1S/C81H70BN3O/c1-77(2,3)51-30-34-53(35-31-51)83(54-36-32-52(33-37-54)78(4,5)6)55-39-41-70-60(46-55)61-48-62-59-24-15-18-29-72(59)86-76(62)75-73(61)82(85(70)56-38-40-65-67(47-56)80(9,10)43-42-79(65,7)8)69-28-19-27-66-74(69)84(75)71-45-50-21-12-11-20-49(50)44-68(71)81(66)63-25-16-13-22-57(63)58-23-14-17-26-64(58)81/h11-41,44-48H,42-43H2,1-10H3. The van der Waals surface area contributed by atoms with E-state index in [4.69, 9.17) is 4.42 Å². The maximum absolute atomic E-state index is 7.50. The molecule has 12 aromatic rings. The van der Waals surface area contributed by atoms with Crippen molar-refractivity contribution in [3.63, 3.8) is 0 Å². The van der Waals surface area contributed by atoms with Gasteiger partial charge in [-0.1, -0.05) is 209 Å². The average Bonchev–Trinajstić information content (AvgIpc) is 1.21. The van der Waals surface area contributed by atoms with E-state index in [0.29, 0.717) is 0 Å². The van der Waals surface area contributed by atoms with Crippen molar-refractivity contribution in [2.75, 3.05) is 14.6 Å². The molecule has 0 saturated heterocycles. The molecule has 0 radical (unpaired) electrons. The van der Waals surface area contributed by atoms with Gasteiger partial charge in [0, 0.05) is 50.5 Å². The van der Waals surface area contributed by atoms with Gasteiger partial charge in [-0.15, -0.1) is 0 Å². The van der Waals surface area contributed by atoms with Gasteiger partial charge in [0.05, 0.1) is 16.8 Å². The first kappa shape index (κ1) is 51.4. The topological polar surface area (TPSA) is 22.9 Å². The molecule has 4 nitrogen and oxygen atoms in total. The SMILES string of the molecule is CC(C)(C)c1ccc(N(c2ccc(C(C)(C)C)cc2)c2ccc3c(c2)-c2cc4c(oc5ccccc54)c4c2B(c2cccc5c2N4c2cc4ccccc4cc2C52c4ccccc4-c4ccccc42)N3c2ccc3c(c2)C(C)(C)CCC3(C)C)cc1. The van der Waals surface area contributed by atoms with E-state index in [0.717, 1.165) is 57.5 Å². The Hall–Kier alpha value is -9.06. The summed E-state index contributed by atoms with van der Waals surface area (Å²) in [6, 6.07) is 84.4. The molecule has 1 spiro atoms. The second kappa shape index (κ2) is 17.5. The zero-order chi connectivity index (χ0) is 58.6. The second-order valence-corrected chi connectivity index (χ2v) is 28.7. The number of furan rings is 1. The zero-order valence-corrected chi connectivity index (χ0v) is 51.0. The molecule has 0 fully saturated rings. The van der Waals surface area contributed by atoms with Crippen LogP contribution < -0.4 is 25.5 Å². The highest BCUT2D eigenvalue weighted by molar-refractivity contribution is 6.94. The molecule has 0 amide bonds. The van der Waals surface area contributed by atoms with Gasteiger partial charge < -0.3 is 19.0 Å². The maximum Gasteiger partial charge on any atom is 0.333 e. The highest BCUT2D eigenvalue weighted by atomic mass is 16.3. The molecule has 4 heterocycles. The summed E-state index contributed by atoms with van der Waals surface area (Å²) in [6.45, 7) is 23.4. The molecule has 2 aliphatic carbocycles. The lowest BCUT2D eigenvalue weighted by atomic mass is 9.42. The molecule has 11 aromatic carbocycles. The molecular weight excluding hydrogens is 1040 g/mol. The average molecular weight is 1110 g/mol. The third-order valence-electron chi connectivity index (χ3n) is 20.8. The van der Waals surface area contributed by atoms with Crippen molar-refractivity contribution in [3.8, 4) is 22.3 Å². The van der Waals surface area contributed by atoms with Crippen molar-refractivity contribution < 1.29 is 4.42 Å². The molecule has 1 aromatic heterocycles. The normalized spacial score (nSPS) is 16.1. The van der Waals surface area contributed by atoms with Crippen LogP contribution >= 0.6 is 0 Å². The summed E-state index contributed by atoms with van der Waals surface area (Å²) in [4.78, 5) is 7.89. The highest BCUT2D eigenvalue weighted by Gasteiger charge is 2.57. The Bertz CT molecular complexity index is 4770. The molecule has 5 aliphatic rings. The van der Waals surface area contributed by atoms with Crippen molar-refractivity contribution in [1.82, 2.24) is 0 Å². The van der Waals surface area contributed by atoms with E-state index in [-0.39, 0.29) is 28.5 Å². The van der Waals surface area contributed by atoms with Crippen molar-refractivity contribution in [1.29, 1.82) is 0 Å². The van der Waals surface area contributed by atoms with Crippen molar-refractivity contribution in [2.24, 2.45) is 0 Å². The molecular formula is C81H70BN3O. The Kier molecular flexibility index (Phi) is 10.5. The largest absolute Gasteiger partial charge is 0.454 e. The summed E-state index contributed by atoms with van der Waals surface area (Å²) in [5, 5.41) is 4.66. The van der Waals surface area contributed by atoms with Gasteiger partial charge in [0.1, 0.15) is 5.58 Å². The molecule has 5 heteroatoms. The summed E-state index contributed by atoms with van der Waals surface area (Å²) >= 11 is 0. The third kappa shape index (κ3) is 7.00. The number of para-hydroxylation sites is 2. The van der Waals surface area contributed by atoms with E-state index in [1.807, 2.05) is 0 Å². The molecule has 0 saturated carbocycles. The lowest BCUT2D eigenvalue weighted by molar-refractivity contribution is 0.332. The fourth-order valence-corrected chi connectivity index (χ4v) is 16.3. The van der Waals surface area contributed by atoms with Crippen molar-refractivity contribution >= 4 is 96.0 Å². The maximum atomic E-state index is 7.50. The molecule has 3 aliphatic heterocycles. The summed E-state index contributed by atoms with van der Waals surface area (Å²) in [6.07, 6.45) is 2.28. The van der Waals surface area contributed by atoms with Crippen LogP contribution in [0.15, 0.2) is 223 Å². The Morgan fingerprint density at radius 2 is 1.01 bits per heavy atom. The molecule has 0 bridgehead atoms. The predicted octanol–water partition coefficient (Wildman–Crippen LogP) is 20.5. The van der Waals surface area contributed by atoms with Crippen LogP contribution in [0.2, 0.25) is 0 Å². The molecule has 86 heavy (non-hydrogen) atoms. The minimum absolute atomic E-state index is 0.00813. The number of rotatable bonds is 4. The fraction of sp³-hybridized carbons (Fsp3) is 0.210. The molecule has 0 unspecified atom stereocenters. The lowest BCUT2D eigenvalue weighted by Gasteiger charge is -2.51. The summed E-state index contributed by atoms with van der Waals surface area (Å²) in [7, 11) is 0. The fourth-order valence-electron chi connectivity index (χ4n) is 16.3. The van der Waals surface area contributed by atoms with Gasteiger partial charge in [-0.3, -0.25) is 0 Å². The van der Waals surface area contributed by atoms with Crippen molar-refractivity contribution in [3.05, 3.63) is 263 Å². The van der Waals surface area contributed by atoms with Gasteiger partial charge in [0.25, 0.3) is 0 Å². The van der Waals surface area contributed by atoms with E-state index in [9.17, 15) is 0 Å². The van der Waals surface area contributed by atoms with E-state index in [1.54, 1.807) is 0 Å². The van der Waals surface area contributed by atoms with Gasteiger partial charge in [0.15, 0.2) is 5.58 Å². The lowest BCUT2D eigenvalue weighted by Crippen LogP contribution is -2.62. The number of hydrogen-bond acceptors (Lipinski definition) is 4. The van der Waals surface area contributed by atoms with Crippen LogP contribution in [-0.4, -0.2) is 6.85 Å². The Morgan fingerprint density at radius 1 is 0.430 bits per heavy atom. The van der Waals surface area contributed by atoms with Crippen LogP contribution in [0.4, 0.5) is 45.5 Å². The molecule has 0 atom stereocenters. The molecule has 418 valence electrons. The van der Waals surface area contributed by atoms with Gasteiger partial charge in [-0.2, -0.15) is 0 Å². The first-order valence-corrected chi connectivity index (χ1v) is 31.1. The predicted molar refractivity (Wildman–Crippen MR) is 363 cm³/mol. The Balaban J connectivity index is 1.01. The molecule has 0 N–H and O–H groups in total. The van der Waals surface area contributed by atoms with E-state index >= 15 is 0 Å². The minimum Gasteiger partial charge on any atom is -0.454 e. The van der Waals surface area contributed by atoms with Gasteiger partial charge >= 0.3 is 6.85 Å². The minimum atomic E-state index is -0.635. The van der Waals surface area contributed by atoms with Crippen LogP contribution in [0.25, 0.3) is 55.0 Å². The zero-order valence-electron chi connectivity index (χ0n) is 51.0. The number of fused-ring (bicyclic) bond motifs is 19. The van der Waals surface area contributed by atoms with Gasteiger partial charge in [-0.05, 0) is 196 Å². The first-order valence-electron chi connectivity index (χ1n) is 31.1. The Labute approximate surface area is 506 Å². The number of hydrogen-bond donors (Lipinski definition) is 0.